The van der Waals surface area contributed by atoms with Crippen molar-refractivity contribution in [3.05, 3.63) is 35.4 Å². The number of benzene rings is 1. The Hall–Kier alpha value is -1.35. The summed E-state index contributed by atoms with van der Waals surface area (Å²) in [7, 11) is 0. The van der Waals surface area contributed by atoms with Crippen LogP contribution in [0.15, 0.2) is 24.3 Å². The molecule has 1 aromatic rings. The van der Waals surface area contributed by atoms with E-state index in [1.165, 1.54) is 0 Å². The number of amides is 1. The van der Waals surface area contributed by atoms with Gasteiger partial charge in [-0.2, -0.15) is 0 Å². The zero-order valence-electron chi connectivity index (χ0n) is 10.7. The van der Waals surface area contributed by atoms with Gasteiger partial charge in [0.1, 0.15) is 0 Å². The lowest BCUT2D eigenvalue weighted by Gasteiger charge is -2.15. The van der Waals surface area contributed by atoms with Gasteiger partial charge in [-0.1, -0.05) is 43.7 Å². The number of carbonyl (C=O) groups excluding carboxylic acids is 1. The van der Waals surface area contributed by atoms with Crippen LogP contribution in [0, 0.1) is 12.8 Å². The lowest BCUT2D eigenvalue weighted by Crippen LogP contribution is -2.35. The summed E-state index contributed by atoms with van der Waals surface area (Å²) in [6.07, 6.45) is -0.108. The van der Waals surface area contributed by atoms with Gasteiger partial charge >= 0.3 is 0 Å². The first-order chi connectivity index (χ1) is 7.99. The summed E-state index contributed by atoms with van der Waals surface area (Å²) < 4.78 is 0. The lowest BCUT2D eigenvalue weighted by molar-refractivity contribution is -0.121. The highest BCUT2D eigenvalue weighted by atomic mass is 16.3. The lowest BCUT2D eigenvalue weighted by atomic mass is 10.1. The van der Waals surface area contributed by atoms with Gasteiger partial charge < -0.3 is 10.4 Å². The van der Waals surface area contributed by atoms with Crippen molar-refractivity contribution in [3.63, 3.8) is 0 Å². The Balaban J connectivity index is 2.40. The SMILES string of the molecule is Cc1cccc(CC(=O)NCC(O)C(C)C)c1. The van der Waals surface area contributed by atoms with E-state index in [4.69, 9.17) is 0 Å². The molecule has 3 nitrogen and oxygen atoms in total. The third-order valence-corrected chi connectivity index (χ3v) is 2.73. The molecule has 3 heteroatoms. The predicted octanol–water partition coefficient (Wildman–Crippen LogP) is 1.67. The third-order valence-electron chi connectivity index (χ3n) is 2.73. The van der Waals surface area contributed by atoms with E-state index < -0.39 is 6.10 Å². The fourth-order valence-electron chi connectivity index (χ4n) is 1.52. The molecule has 1 rings (SSSR count). The normalized spacial score (nSPS) is 12.5. The van der Waals surface area contributed by atoms with Gasteiger partial charge in [-0.15, -0.1) is 0 Å². The van der Waals surface area contributed by atoms with E-state index in [0.717, 1.165) is 11.1 Å². The van der Waals surface area contributed by atoms with Crippen molar-refractivity contribution < 1.29 is 9.90 Å². The van der Waals surface area contributed by atoms with Crippen molar-refractivity contribution in [2.75, 3.05) is 6.54 Å². The maximum Gasteiger partial charge on any atom is 0.224 e. The second-order valence-electron chi connectivity index (χ2n) is 4.78. The van der Waals surface area contributed by atoms with Crippen LogP contribution in [0.4, 0.5) is 0 Å². The van der Waals surface area contributed by atoms with E-state index in [-0.39, 0.29) is 11.8 Å². The molecule has 0 aliphatic rings. The summed E-state index contributed by atoms with van der Waals surface area (Å²) in [6.45, 7) is 6.18. The third kappa shape index (κ3) is 5.00. The maximum atomic E-state index is 11.6. The van der Waals surface area contributed by atoms with E-state index in [1.54, 1.807) is 0 Å². The fourth-order valence-corrected chi connectivity index (χ4v) is 1.52. The van der Waals surface area contributed by atoms with Crippen LogP contribution in [0.1, 0.15) is 25.0 Å². The second-order valence-corrected chi connectivity index (χ2v) is 4.78. The first-order valence-electron chi connectivity index (χ1n) is 5.99. The number of aryl methyl sites for hydroxylation is 1. The Kier molecular flexibility index (Phi) is 5.16. The van der Waals surface area contributed by atoms with Crippen molar-refractivity contribution in [2.45, 2.75) is 33.3 Å². The molecule has 0 aromatic heterocycles. The number of aliphatic hydroxyl groups is 1. The van der Waals surface area contributed by atoms with Crippen LogP contribution < -0.4 is 5.32 Å². The van der Waals surface area contributed by atoms with Crippen LogP contribution in [0.5, 0.6) is 0 Å². The van der Waals surface area contributed by atoms with Gasteiger partial charge in [-0.3, -0.25) is 4.79 Å². The zero-order valence-corrected chi connectivity index (χ0v) is 10.7. The molecule has 1 aromatic carbocycles. The zero-order chi connectivity index (χ0) is 12.8. The maximum absolute atomic E-state index is 11.6. The van der Waals surface area contributed by atoms with E-state index >= 15 is 0 Å². The first kappa shape index (κ1) is 13.7. The second kappa shape index (κ2) is 6.40. The standard InChI is InChI=1S/C14H21NO2/c1-10(2)13(16)9-15-14(17)8-12-6-4-5-11(3)7-12/h4-7,10,13,16H,8-9H2,1-3H3,(H,15,17). The van der Waals surface area contributed by atoms with Gasteiger partial charge in [0.25, 0.3) is 0 Å². The first-order valence-corrected chi connectivity index (χ1v) is 5.99. The molecule has 0 heterocycles. The molecular formula is C14H21NO2. The van der Waals surface area contributed by atoms with Gasteiger partial charge in [0.2, 0.25) is 5.91 Å². The molecule has 0 saturated carbocycles. The Labute approximate surface area is 103 Å². The minimum atomic E-state index is -0.476. The summed E-state index contributed by atoms with van der Waals surface area (Å²) in [5.74, 6) is 0.115. The van der Waals surface area contributed by atoms with Crippen LogP contribution in [0.2, 0.25) is 0 Å². The molecule has 0 bridgehead atoms. The minimum absolute atomic E-state index is 0.0460. The topological polar surface area (TPSA) is 49.3 Å². The van der Waals surface area contributed by atoms with Crippen LogP contribution in [0.25, 0.3) is 0 Å². The minimum Gasteiger partial charge on any atom is -0.391 e. The number of hydrogen-bond acceptors (Lipinski definition) is 2. The van der Waals surface area contributed by atoms with E-state index in [2.05, 4.69) is 5.32 Å². The molecule has 1 unspecified atom stereocenters. The molecule has 0 spiro atoms. The molecule has 0 radical (unpaired) electrons. The largest absolute Gasteiger partial charge is 0.391 e. The monoisotopic (exact) mass is 235 g/mol. The van der Waals surface area contributed by atoms with E-state index in [9.17, 15) is 9.90 Å². The van der Waals surface area contributed by atoms with Crippen molar-refractivity contribution >= 4 is 5.91 Å². The number of rotatable bonds is 5. The van der Waals surface area contributed by atoms with Crippen LogP contribution in [-0.4, -0.2) is 23.7 Å². The molecule has 0 fully saturated rings. The van der Waals surface area contributed by atoms with Crippen molar-refractivity contribution in [1.29, 1.82) is 0 Å². The van der Waals surface area contributed by atoms with Crippen LogP contribution in [-0.2, 0) is 11.2 Å². The van der Waals surface area contributed by atoms with Gasteiger partial charge in [0, 0.05) is 6.54 Å². The average Bonchev–Trinajstić information content (AvgIpc) is 2.25. The Morgan fingerprint density at radius 3 is 2.71 bits per heavy atom. The van der Waals surface area contributed by atoms with Gasteiger partial charge in [0.15, 0.2) is 0 Å². The Morgan fingerprint density at radius 1 is 1.41 bits per heavy atom. The average molecular weight is 235 g/mol. The Bertz CT molecular complexity index is 374. The van der Waals surface area contributed by atoms with Crippen LogP contribution in [0.3, 0.4) is 0 Å². The molecular weight excluding hydrogens is 214 g/mol. The summed E-state index contributed by atoms with van der Waals surface area (Å²) >= 11 is 0. The van der Waals surface area contributed by atoms with Crippen molar-refractivity contribution in [1.82, 2.24) is 5.32 Å². The summed E-state index contributed by atoms with van der Waals surface area (Å²) in [4.78, 5) is 11.6. The Morgan fingerprint density at radius 2 is 2.12 bits per heavy atom. The number of carbonyl (C=O) groups is 1. The van der Waals surface area contributed by atoms with Gasteiger partial charge in [-0.05, 0) is 18.4 Å². The van der Waals surface area contributed by atoms with Gasteiger partial charge in [-0.25, -0.2) is 0 Å². The molecule has 94 valence electrons. The fraction of sp³-hybridized carbons (Fsp3) is 0.500. The molecule has 2 N–H and O–H groups in total. The molecule has 0 saturated heterocycles. The predicted molar refractivity (Wildman–Crippen MR) is 68.7 cm³/mol. The van der Waals surface area contributed by atoms with Crippen LogP contribution >= 0.6 is 0 Å². The molecule has 1 atom stereocenters. The number of aliphatic hydroxyl groups excluding tert-OH is 1. The van der Waals surface area contributed by atoms with Crippen molar-refractivity contribution in [2.24, 2.45) is 5.92 Å². The molecule has 17 heavy (non-hydrogen) atoms. The highest BCUT2D eigenvalue weighted by Crippen LogP contribution is 2.05. The van der Waals surface area contributed by atoms with Gasteiger partial charge in [0.05, 0.1) is 12.5 Å². The number of nitrogens with one attached hydrogen (secondary N) is 1. The number of hydrogen-bond donors (Lipinski definition) is 2. The summed E-state index contributed by atoms with van der Waals surface area (Å²) in [5.41, 5.74) is 2.15. The van der Waals surface area contributed by atoms with Crippen molar-refractivity contribution in [3.8, 4) is 0 Å². The smallest absolute Gasteiger partial charge is 0.224 e. The summed E-state index contributed by atoms with van der Waals surface area (Å²) in [5, 5.41) is 12.3. The van der Waals surface area contributed by atoms with E-state index in [1.807, 2.05) is 45.0 Å². The summed E-state index contributed by atoms with van der Waals surface area (Å²) in [6, 6.07) is 7.88. The molecule has 1 amide bonds. The quantitative estimate of drug-likeness (QED) is 0.815. The highest BCUT2D eigenvalue weighted by Gasteiger charge is 2.10. The highest BCUT2D eigenvalue weighted by molar-refractivity contribution is 5.78. The van der Waals surface area contributed by atoms with E-state index in [0.29, 0.717) is 13.0 Å². The molecule has 0 aliphatic carbocycles. The molecule has 0 aliphatic heterocycles.